The number of nitrogens with zero attached hydrogens (tertiary/aromatic N) is 2. The lowest BCUT2D eigenvalue weighted by Gasteiger charge is -2.33. The highest BCUT2D eigenvalue weighted by molar-refractivity contribution is 5.68. The molecule has 1 fully saturated rings. The van der Waals surface area contributed by atoms with Crippen LogP contribution in [0, 0.1) is 5.92 Å². The Bertz CT molecular complexity index is 580. The van der Waals surface area contributed by atoms with Gasteiger partial charge in [0.05, 0.1) is 5.69 Å². The van der Waals surface area contributed by atoms with E-state index in [0.717, 1.165) is 38.3 Å². The molecule has 0 radical (unpaired) electrons. The van der Waals surface area contributed by atoms with Crippen LogP contribution >= 0.6 is 0 Å². The fourth-order valence-corrected chi connectivity index (χ4v) is 3.94. The molecular weight excluding hydrogens is 302 g/mol. The van der Waals surface area contributed by atoms with Gasteiger partial charge in [-0.15, -0.1) is 0 Å². The molecule has 1 amide bonds. The molecule has 0 saturated carbocycles. The van der Waals surface area contributed by atoms with Crippen molar-refractivity contribution < 1.29 is 9.53 Å². The van der Waals surface area contributed by atoms with Crippen LogP contribution in [0.25, 0.3) is 0 Å². The van der Waals surface area contributed by atoms with E-state index in [1.54, 1.807) is 0 Å². The number of fused-ring (bicyclic) bond motifs is 1. The van der Waals surface area contributed by atoms with Crippen LogP contribution in [-0.2, 0) is 17.6 Å². The summed E-state index contributed by atoms with van der Waals surface area (Å²) in [4.78, 5) is 14.0. The standard InChI is InChI=1S/C19H31N3O2/c1-5-13-6-7-16-15(12-13)17(21-20-16)14-8-10-22(11-9-14)18(23)24-19(2,3)4/h13-14H,5-12H2,1-4H3,(H,20,21). The summed E-state index contributed by atoms with van der Waals surface area (Å²) >= 11 is 0. The quantitative estimate of drug-likeness (QED) is 0.888. The second kappa shape index (κ2) is 6.77. The van der Waals surface area contributed by atoms with Gasteiger partial charge in [0.1, 0.15) is 5.60 Å². The number of rotatable bonds is 2. The SMILES string of the molecule is CCC1CCc2[nH]nc(C3CCN(C(=O)OC(C)(C)C)CC3)c2C1. The largest absolute Gasteiger partial charge is 0.444 e. The summed E-state index contributed by atoms with van der Waals surface area (Å²) in [6.07, 6.45) is 6.61. The van der Waals surface area contributed by atoms with Gasteiger partial charge in [-0.2, -0.15) is 5.10 Å². The zero-order chi connectivity index (χ0) is 17.3. The van der Waals surface area contributed by atoms with E-state index in [0.29, 0.717) is 5.92 Å². The van der Waals surface area contributed by atoms with Crippen molar-refractivity contribution in [2.75, 3.05) is 13.1 Å². The number of likely N-dealkylation sites (tertiary alicyclic amines) is 1. The molecule has 2 aliphatic rings. The Labute approximate surface area is 145 Å². The maximum absolute atomic E-state index is 12.2. The molecule has 1 aliphatic carbocycles. The van der Waals surface area contributed by atoms with Crippen LogP contribution in [-0.4, -0.2) is 39.9 Å². The zero-order valence-electron chi connectivity index (χ0n) is 15.5. The lowest BCUT2D eigenvalue weighted by Crippen LogP contribution is -2.41. The summed E-state index contributed by atoms with van der Waals surface area (Å²) in [6.45, 7) is 9.55. The summed E-state index contributed by atoms with van der Waals surface area (Å²) in [5.74, 6) is 1.27. The number of ether oxygens (including phenoxy) is 1. The highest BCUT2D eigenvalue weighted by Crippen LogP contribution is 2.35. The zero-order valence-corrected chi connectivity index (χ0v) is 15.5. The molecule has 24 heavy (non-hydrogen) atoms. The van der Waals surface area contributed by atoms with Gasteiger partial charge in [-0.1, -0.05) is 13.3 Å². The van der Waals surface area contributed by atoms with Gasteiger partial charge in [-0.25, -0.2) is 4.79 Å². The number of hydrogen-bond donors (Lipinski definition) is 1. The molecule has 1 aromatic rings. The molecule has 1 N–H and O–H groups in total. The number of piperidine rings is 1. The first-order valence-electron chi connectivity index (χ1n) is 9.41. The van der Waals surface area contributed by atoms with Gasteiger partial charge < -0.3 is 9.64 Å². The molecule has 1 aromatic heterocycles. The molecule has 0 spiro atoms. The fourth-order valence-electron chi connectivity index (χ4n) is 3.94. The molecule has 134 valence electrons. The van der Waals surface area contributed by atoms with Crippen LogP contribution < -0.4 is 0 Å². The number of hydrogen-bond acceptors (Lipinski definition) is 3. The first-order valence-corrected chi connectivity index (χ1v) is 9.41. The topological polar surface area (TPSA) is 58.2 Å². The first-order chi connectivity index (χ1) is 11.4. The summed E-state index contributed by atoms with van der Waals surface area (Å²) in [6, 6.07) is 0. The van der Waals surface area contributed by atoms with Gasteiger partial charge in [0, 0.05) is 24.7 Å². The predicted octanol–water partition coefficient (Wildman–Crippen LogP) is 4.04. The molecule has 1 atom stereocenters. The molecule has 5 nitrogen and oxygen atoms in total. The minimum absolute atomic E-state index is 0.184. The molecule has 0 aromatic carbocycles. The monoisotopic (exact) mass is 333 g/mol. The average molecular weight is 333 g/mol. The average Bonchev–Trinajstić information content (AvgIpc) is 2.96. The Balaban J connectivity index is 1.62. The van der Waals surface area contributed by atoms with Crippen LogP contribution in [0.4, 0.5) is 4.79 Å². The third kappa shape index (κ3) is 3.76. The maximum atomic E-state index is 12.2. The van der Waals surface area contributed by atoms with E-state index in [2.05, 4.69) is 17.1 Å². The van der Waals surface area contributed by atoms with E-state index in [4.69, 9.17) is 4.74 Å². The van der Waals surface area contributed by atoms with Gasteiger partial charge >= 0.3 is 6.09 Å². The minimum atomic E-state index is -0.426. The second-order valence-electron chi connectivity index (χ2n) is 8.32. The molecule has 1 unspecified atom stereocenters. The molecule has 5 heteroatoms. The number of aromatic nitrogens is 2. The lowest BCUT2D eigenvalue weighted by molar-refractivity contribution is 0.0204. The Morgan fingerprint density at radius 1 is 1.29 bits per heavy atom. The number of aromatic amines is 1. The van der Waals surface area contributed by atoms with Gasteiger partial charge in [0.2, 0.25) is 0 Å². The smallest absolute Gasteiger partial charge is 0.410 e. The van der Waals surface area contributed by atoms with Crippen molar-refractivity contribution in [2.24, 2.45) is 5.92 Å². The number of H-pyrrole nitrogens is 1. The second-order valence-corrected chi connectivity index (χ2v) is 8.32. The number of carbonyl (C=O) groups is 1. The Hall–Kier alpha value is -1.52. The summed E-state index contributed by atoms with van der Waals surface area (Å²) in [5.41, 5.74) is 3.67. The molecule has 0 bridgehead atoms. The summed E-state index contributed by atoms with van der Waals surface area (Å²) in [5, 5.41) is 7.94. The fraction of sp³-hybridized carbons (Fsp3) is 0.789. The number of carbonyl (C=O) groups excluding carboxylic acids is 1. The Kier molecular flexibility index (Phi) is 4.88. The van der Waals surface area contributed by atoms with Crippen LogP contribution in [0.2, 0.25) is 0 Å². The van der Waals surface area contributed by atoms with Crippen LogP contribution in [0.3, 0.4) is 0 Å². The van der Waals surface area contributed by atoms with Gasteiger partial charge in [-0.05, 0) is 64.4 Å². The maximum Gasteiger partial charge on any atom is 0.410 e. The van der Waals surface area contributed by atoms with Crippen molar-refractivity contribution in [1.82, 2.24) is 15.1 Å². The third-order valence-corrected chi connectivity index (χ3v) is 5.39. The van der Waals surface area contributed by atoms with E-state index in [1.807, 2.05) is 25.7 Å². The molecule has 1 aliphatic heterocycles. The first kappa shape index (κ1) is 17.3. The number of amides is 1. The lowest BCUT2D eigenvalue weighted by atomic mass is 9.81. The van der Waals surface area contributed by atoms with E-state index >= 15 is 0 Å². The molecule has 2 heterocycles. The van der Waals surface area contributed by atoms with E-state index in [-0.39, 0.29) is 6.09 Å². The van der Waals surface area contributed by atoms with E-state index < -0.39 is 5.60 Å². The van der Waals surface area contributed by atoms with Crippen LogP contribution in [0.15, 0.2) is 0 Å². The Morgan fingerprint density at radius 3 is 2.62 bits per heavy atom. The third-order valence-electron chi connectivity index (χ3n) is 5.39. The van der Waals surface area contributed by atoms with Crippen LogP contribution in [0.5, 0.6) is 0 Å². The number of aryl methyl sites for hydroxylation is 1. The van der Waals surface area contributed by atoms with Gasteiger partial charge in [-0.3, -0.25) is 5.10 Å². The van der Waals surface area contributed by atoms with Crippen LogP contribution in [0.1, 0.15) is 76.2 Å². The van der Waals surface area contributed by atoms with Crippen molar-refractivity contribution in [1.29, 1.82) is 0 Å². The van der Waals surface area contributed by atoms with E-state index in [9.17, 15) is 4.79 Å². The van der Waals surface area contributed by atoms with Crippen molar-refractivity contribution in [3.05, 3.63) is 17.0 Å². The minimum Gasteiger partial charge on any atom is -0.444 e. The summed E-state index contributed by atoms with van der Waals surface area (Å²) in [7, 11) is 0. The van der Waals surface area contributed by atoms with Crippen molar-refractivity contribution in [2.45, 2.75) is 77.7 Å². The number of nitrogens with one attached hydrogen (secondary N) is 1. The Morgan fingerprint density at radius 2 is 2.00 bits per heavy atom. The highest BCUT2D eigenvalue weighted by atomic mass is 16.6. The molecule has 3 rings (SSSR count). The normalized spacial score (nSPS) is 22.3. The molecule has 1 saturated heterocycles. The van der Waals surface area contributed by atoms with Gasteiger partial charge in [0.25, 0.3) is 0 Å². The highest BCUT2D eigenvalue weighted by Gasteiger charge is 2.31. The van der Waals surface area contributed by atoms with Crippen molar-refractivity contribution in [3.8, 4) is 0 Å². The van der Waals surface area contributed by atoms with Crippen molar-refractivity contribution >= 4 is 6.09 Å². The molecular formula is C19H31N3O2. The van der Waals surface area contributed by atoms with Gasteiger partial charge in [0.15, 0.2) is 0 Å². The predicted molar refractivity (Wildman–Crippen MR) is 94.2 cm³/mol. The van der Waals surface area contributed by atoms with E-state index in [1.165, 1.54) is 36.2 Å². The summed E-state index contributed by atoms with van der Waals surface area (Å²) < 4.78 is 5.49. The van der Waals surface area contributed by atoms with Crippen molar-refractivity contribution in [3.63, 3.8) is 0 Å².